The lowest BCUT2D eigenvalue weighted by molar-refractivity contribution is -0.120. The van der Waals surface area contributed by atoms with Crippen molar-refractivity contribution in [3.8, 4) is 0 Å². The van der Waals surface area contributed by atoms with Gasteiger partial charge in [-0.1, -0.05) is 6.07 Å². The fraction of sp³-hybridized carbons (Fsp3) is 0.500. The average Bonchev–Trinajstić information content (AvgIpc) is 2.32. The Hall–Kier alpha value is -1.49. The number of carbonyl (C=O) groups is 1. The summed E-state index contributed by atoms with van der Waals surface area (Å²) in [5.41, 5.74) is 0.215. The van der Waals surface area contributed by atoms with Crippen molar-refractivity contribution in [3.63, 3.8) is 0 Å². The second-order valence-corrected chi connectivity index (χ2v) is 4.77. The molecule has 19 heavy (non-hydrogen) atoms. The molecule has 1 N–H and O–H groups in total. The van der Waals surface area contributed by atoms with Crippen LogP contribution in [0.2, 0.25) is 0 Å². The zero-order chi connectivity index (χ0) is 14.3. The lowest BCUT2D eigenvalue weighted by Gasteiger charge is -2.09. The van der Waals surface area contributed by atoms with Gasteiger partial charge in [-0.05, 0) is 45.1 Å². The van der Waals surface area contributed by atoms with Gasteiger partial charge in [0.2, 0.25) is 5.91 Å². The highest BCUT2D eigenvalue weighted by molar-refractivity contribution is 5.78. The van der Waals surface area contributed by atoms with Crippen LogP contribution in [0.1, 0.15) is 18.4 Å². The molecule has 0 aromatic heterocycles. The molecule has 0 spiro atoms. The van der Waals surface area contributed by atoms with Gasteiger partial charge in [-0.3, -0.25) is 4.79 Å². The number of unbranched alkanes of at least 4 members (excludes halogenated alkanes) is 1. The number of halogens is 2. The van der Waals surface area contributed by atoms with Gasteiger partial charge in [-0.2, -0.15) is 0 Å². The molecule has 0 aliphatic heterocycles. The summed E-state index contributed by atoms with van der Waals surface area (Å²) >= 11 is 0. The molecule has 0 saturated carbocycles. The van der Waals surface area contributed by atoms with Gasteiger partial charge in [0.25, 0.3) is 0 Å². The smallest absolute Gasteiger partial charge is 0.224 e. The number of hydrogen-bond donors (Lipinski definition) is 1. The SMILES string of the molecule is CN(C)CCCCNC(=O)Cc1ccc(F)cc1F. The van der Waals surface area contributed by atoms with Crippen LogP contribution < -0.4 is 5.32 Å². The number of hydrogen-bond acceptors (Lipinski definition) is 2. The molecular formula is C14H20F2N2O. The first-order valence-corrected chi connectivity index (χ1v) is 6.34. The van der Waals surface area contributed by atoms with Gasteiger partial charge in [0.15, 0.2) is 0 Å². The molecular weight excluding hydrogens is 250 g/mol. The summed E-state index contributed by atoms with van der Waals surface area (Å²) in [6.07, 6.45) is 1.83. The number of nitrogens with zero attached hydrogens (tertiary/aromatic N) is 1. The molecule has 0 aliphatic rings. The number of amides is 1. The standard InChI is InChI=1S/C14H20F2N2O/c1-18(2)8-4-3-7-17-14(19)9-11-5-6-12(15)10-13(11)16/h5-6,10H,3-4,7-9H2,1-2H3,(H,17,19). The van der Waals surface area contributed by atoms with E-state index in [1.165, 1.54) is 6.07 Å². The Morgan fingerprint density at radius 1 is 1.26 bits per heavy atom. The third kappa shape index (κ3) is 6.29. The monoisotopic (exact) mass is 270 g/mol. The second kappa shape index (κ2) is 7.84. The van der Waals surface area contributed by atoms with Crippen molar-refractivity contribution < 1.29 is 13.6 Å². The summed E-state index contributed by atoms with van der Waals surface area (Å²) in [7, 11) is 3.99. The van der Waals surface area contributed by atoms with E-state index in [4.69, 9.17) is 0 Å². The van der Waals surface area contributed by atoms with Crippen molar-refractivity contribution in [1.29, 1.82) is 0 Å². The van der Waals surface area contributed by atoms with Crippen LogP contribution in [0.25, 0.3) is 0 Å². The first-order valence-electron chi connectivity index (χ1n) is 6.34. The highest BCUT2D eigenvalue weighted by Crippen LogP contribution is 2.09. The highest BCUT2D eigenvalue weighted by atomic mass is 19.1. The maximum Gasteiger partial charge on any atom is 0.224 e. The van der Waals surface area contributed by atoms with E-state index in [0.717, 1.165) is 31.5 Å². The minimum atomic E-state index is -0.678. The van der Waals surface area contributed by atoms with Crippen LogP contribution in [0, 0.1) is 11.6 Å². The molecule has 0 fully saturated rings. The van der Waals surface area contributed by atoms with Crippen molar-refractivity contribution in [2.24, 2.45) is 0 Å². The number of nitrogens with one attached hydrogen (secondary N) is 1. The van der Waals surface area contributed by atoms with Gasteiger partial charge in [0.1, 0.15) is 11.6 Å². The topological polar surface area (TPSA) is 32.3 Å². The Morgan fingerprint density at radius 3 is 2.63 bits per heavy atom. The molecule has 106 valence electrons. The minimum absolute atomic E-state index is 0.0558. The van der Waals surface area contributed by atoms with Crippen LogP contribution in [0.4, 0.5) is 8.78 Å². The van der Waals surface area contributed by atoms with Crippen molar-refractivity contribution in [1.82, 2.24) is 10.2 Å². The van der Waals surface area contributed by atoms with Crippen LogP contribution in [-0.4, -0.2) is 38.0 Å². The number of carbonyl (C=O) groups excluding carboxylic acids is 1. The molecule has 0 heterocycles. The second-order valence-electron chi connectivity index (χ2n) is 4.77. The zero-order valence-electron chi connectivity index (χ0n) is 11.4. The molecule has 1 amide bonds. The molecule has 0 radical (unpaired) electrons. The Bertz CT molecular complexity index is 422. The fourth-order valence-electron chi connectivity index (χ4n) is 1.68. The largest absolute Gasteiger partial charge is 0.356 e. The first-order chi connectivity index (χ1) is 8.99. The Kier molecular flexibility index (Phi) is 6.42. The van der Waals surface area contributed by atoms with Gasteiger partial charge >= 0.3 is 0 Å². The van der Waals surface area contributed by atoms with Crippen molar-refractivity contribution in [2.75, 3.05) is 27.2 Å². The van der Waals surface area contributed by atoms with E-state index in [-0.39, 0.29) is 17.9 Å². The predicted molar refractivity (Wildman–Crippen MR) is 70.9 cm³/mol. The molecule has 1 aromatic rings. The minimum Gasteiger partial charge on any atom is -0.356 e. The maximum absolute atomic E-state index is 13.3. The summed E-state index contributed by atoms with van der Waals surface area (Å²) in [4.78, 5) is 13.6. The van der Waals surface area contributed by atoms with Gasteiger partial charge in [-0.15, -0.1) is 0 Å². The predicted octanol–water partition coefficient (Wildman–Crippen LogP) is 1.97. The Labute approximate surface area is 112 Å². The summed E-state index contributed by atoms with van der Waals surface area (Å²) in [5.74, 6) is -1.55. The fourth-order valence-corrected chi connectivity index (χ4v) is 1.68. The third-order valence-electron chi connectivity index (χ3n) is 2.72. The maximum atomic E-state index is 13.3. The summed E-state index contributed by atoms with van der Waals surface area (Å²) in [6, 6.07) is 3.25. The Balaban J connectivity index is 2.27. The van der Waals surface area contributed by atoms with Crippen LogP contribution >= 0.6 is 0 Å². The van der Waals surface area contributed by atoms with Crippen molar-refractivity contribution in [2.45, 2.75) is 19.3 Å². The molecule has 1 aromatic carbocycles. The number of rotatable bonds is 7. The van der Waals surface area contributed by atoms with E-state index in [2.05, 4.69) is 10.2 Å². The van der Waals surface area contributed by atoms with Gasteiger partial charge in [-0.25, -0.2) is 8.78 Å². The first kappa shape index (κ1) is 15.6. The quantitative estimate of drug-likeness (QED) is 0.768. The third-order valence-corrected chi connectivity index (χ3v) is 2.72. The van der Waals surface area contributed by atoms with E-state index in [0.29, 0.717) is 6.54 Å². The summed E-state index contributed by atoms with van der Waals surface area (Å²) < 4.78 is 26.0. The molecule has 0 bridgehead atoms. The van der Waals surface area contributed by atoms with E-state index >= 15 is 0 Å². The van der Waals surface area contributed by atoms with Crippen molar-refractivity contribution >= 4 is 5.91 Å². The van der Waals surface area contributed by atoms with E-state index in [9.17, 15) is 13.6 Å². The molecule has 0 unspecified atom stereocenters. The van der Waals surface area contributed by atoms with Crippen LogP contribution in [-0.2, 0) is 11.2 Å². The molecule has 0 atom stereocenters. The molecule has 0 aliphatic carbocycles. The van der Waals surface area contributed by atoms with Crippen LogP contribution in [0.5, 0.6) is 0 Å². The highest BCUT2D eigenvalue weighted by Gasteiger charge is 2.08. The average molecular weight is 270 g/mol. The molecule has 0 saturated heterocycles. The molecule has 1 rings (SSSR count). The normalized spacial score (nSPS) is 10.8. The summed E-state index contributed by atoms with van der Waals surface area (Å²) in [5, 5.41) is 2.73. The van der Waals surface area contributed by atoms with E-state index in [1.807, 2.05) is 14.1 Å². The summed E-state index contributed by atoms with van der Waals surface area (Å²) in [6.45, 7) is 1.55. The van der Waals surface area contributed by atoms with Gasteiger partial charge in [0.05, 0.1) is 6.42 Å². The van der Waals surface area contributed by atoms with Gasteiger partial charge < -0.3 is 10.2 Å². The lowest BCUT2D eigenvalue weighted by Crippen LogP contribution is -2.27. The van der Waals surface area contributed by atoms with Gasteiger partial charge in [0, 0.05) is 12.6 Å². The Morgan fingerprint density at radius 2 is 2.00 bits per heavy atom. The zero-order valence-corrected chi connectivity index (χ0v) is 11.4. The van der Waals surface area contributed by atoms with E-state index in [1.54, 1.807) is 0 Å². The number of benzene rings is 1. The van der Waals surface area contributed by atoms with E-state index < -0.39 is 11.6 Å². The molecule has 5 heteroatoms. The van der Waals surface area contributed by atoms with Crippen molar-refractivity contribution in [3.05, 3.63) is 35.4 Å². The van der Waals surface area contributed by atoms with Crippen LogP contribution in [0.15, 0.2) is 18.2 Å². The van der Waals surface area contributed by atoms with Crippen LogP contribution in [0.3, 0.4) is 0 Å². The molecule has 3 nitrogen and oxygen atoms in total. The lowest BCUT2D eigenvalue weighted by atomic mass is 10.1.